The number of sulfonamides is 1. The van der Waals surface area contributed by atoms with E-state index in [0.29, 0.717) is 5.56 Å². The Morgan fingerprint density at radius 2 is 1.88 bits per heavy atom. The second-order valence-electron chi connectivity index (χ2n) is 6.09. The van der Waals surface area contributed by atoms with Gasteiger partial charge < -0.3 is 10.1 Å². The lowest BCUT2D eigenvalue weighted by Crippen LogP contribution is -2.28. The van der Waals surface area contributed by atoms with Crippen molar-refractivity contribution in [3.63, 3.8) is 0 Å². The smallest absolute Gasteiger partial charge is 0.244 e. The van der Waals surface area contributed by atoms with Gasteiger partial charge in [-0.3, -0.25) is 4.79 Å². The zero-order chi connectivity index (χ0) is 19.3. The number of ether oxygens (including phenoxy) is 1. The van der Waals surface area contributed by atoms with Crippen molar-refractivity contribution in [2.24, 2.45) is 0 Å². The summed E-state index contributed by atoms with van der Waals surface area (Å²) >= 11 is 0. The Labute approximate surface area is 154 Å². The molecule has 0 aliphatic heterocycles. The lowest BCUT2D eigenvalue weighted by molar-refractivity contribution is -0.119. The van der Waals surface area contributed by atoms with Crippen molar-refractivity contribution in [3.8, 4) is 5.75 Å². The predicted octanol–water partition coefficient (Wildman–Crippen LogP) is 2.68. The summed E-state index contributed by atoms with van der Waals surface area (Å²) in [6, 6.07) is 12.0. The molecule has 7 heteroatoms. The number of rotatable bonds is 7. The van der Waals surface area contributed by atoms with Crippen LogP contribution in [0.2, 0.25) is 0 Å². The van der Waals surface area contributed by atoms with Crippen LogP contribution in [-0.4, -0.2) is 21.4 Å². The molecule has 0 aromatic heterocycles. The number of carbonyl (C=O) groups excluding carboxylic acids is 1. The maximum absolute atomic E-state index is 12.9. The van der Waals surface area contributed by atoms with Crippen LogP contribution in [-0.2, 0) is 21.4 Å². The fourth-order valence-electron chi connectivity index (χ4n) is 2.70. The summed E-state index contributed by atoms with van der Waals surface area (Å²) in [5.74, 6) is 0.0672. The summed E-state index contributed by atoms with van der Waals surface area (Å²) in [6.07, 6.45) is 0. The Bertz CT molecular complexity index is 894. The van der Waals surface area contributed by atoms with Crippen LogP contribution >= 0.6 is 0 Å². The van der Waals surface area contributed by atoms with Crippen LogP contribution in [0.1, 0.15) is 36.6 Å². The molecule has 1 amide bonds. The Morgan fingerprint density at radius 1 is 1.19 bits per heavy atom. The fourth-order valence-corrected chi connectivity index (χ4v) is 4.14. The van der Waals surface area contributed by atoms with E-state index in [2.05, 4.69) is 10.0 Å². The Morgan fingerprint density at radius 3 is 2.50 bits per heavy atom. The average molecular weight is 376 g/mol. The van der Waals surface area contributed by atoms with E-state index >= 15 is 0 Å². The number of hydrogen-bond donors (Lipinski definition) is 2. The van der Waals surface area contributed by atoms with Crippen LogP contribution < -0.4 is 14.8 Å². The Kier molecular flexibility index (Phi) is 6.39. The Hall–Kier alpha value is -2.38. The predicted molar refractivity (Wildman–Crippen MR) is 100 cm³/mol. The molecule has 2 aromatic carbocycles. The molecule has 0 unspecified atom stereocenters. The van der Waals surface area contributed by atoms with Gasteiger partial charge in [0.1, 0.15) is 10.6 Å². The first-order chi connectivity index (χ1) is 12.2. The van der Waals surface area contributed by atoms with Crippen LogP contribution in [0.4, 0.5) is 0 Å². The van der Waals surface area contributed by atoms with E-state index in [0.717, 1.165) is 11.1 Å². The van der Waals surface area contributed by atoms with E-state index in [4.69, 9.17) is 4.74 Å². The normalized spacial score (nSPS) is 12.5. The number of aryl methyl sites for hydroxylation is 1. The first-order valence-electron chi connectivity index (χ1n) is 8.24. The number of carbonyl (C=O) groups is 1. The van der Waals surface area contributed by atoms with E-state index in [1.165, 1.54) is 20.1 Å². The van der Waals surface area contributed by atoms with Gasteiger partial charge in [0, 0.05) is 19.5 Å². The number of nitrogens with one attached hydrogen (secondary N) is 2. The highest BCUT2D eigenvalue weighted by Crippen LogP contribution is 2.27. The van der Waals surface area contributed by atoms with E-state index in [1.54, 1.807) is 19.1 Å². The first-order valence-corrected chi connectivity index (χ1v) is 9.72. The van der Waals surface area contributed by atoms with Crippen LogP contribution in [0.3, 0.4) is 0 Å². The van der Waals surface area contributed by atoms with E-state index < -0.39 is 16.1 Å². The van der Waals surface area contributed by atoms with Gasteiger partial charge >= 0.3 is 0 Å². The molecule has 2 rings (SSSR count). The maximum atomic E-state index is 12.9. The molecule has 0 heterocycles. The van der Waals surface area contributed by atoms with Gasteiger partial charge in [0.2, 0.25) is 15.9 Å². The van der Waals surface area contributed by atoms with E-state index in [-0.39, 0.29) is 23.1 Å². The van der Waals surface area contributed by atoms with Gasteiger partial charge in [0.05, 0.1) is 7.11 Å². The summed E-state index contributed by atoms with van der Waals surface area (Å²) in [6.45, 7) is 5.39. The molecule has 0 saturated carbocycles. The van der Waals surface area contributed by atoms with Crippen LogP contribution in [0, 0.1) is 6.92 Å². The van der Waals surface area contributed by atoms with Crippen LogP contribution in [0.15, 0.2) is 47.4 Å². The third-order valence-corrected chi connectivity index (χ3v) is 5.61. The van der Waals surface area contributed by atoms with Crippen molar-refractivity contribution >= 4 is 15.9 Å². The van der Waals surface area contributed by atoms with Gasteiger partial charge in [0.15, 0.2) is 0 Å². The minimum absolute atomic E-state index is 0.0447. The zero-order valence-electron chi connectivity index (χ0n) is 15.4. The molecule has 2 aromatic rings. The number of hydrogen-bond acceptors (Lipinski definition) is 4. The molecule has 2 N–H and O–H groups in total. The minimum atomic E-state index is -3.82. The molecule has 0 bridgehead atoms. The van der Waals surface area contributed by atoms with Gasteiger partial charge in [-0.25, -0.2) is 13.1 Å². The second-order valence-corrected chi connectivity index (χ2v) is 7.78. The molecular formula is C19H24N2O4S. The quantitative estimate of drug-likeness (QED) is 0.778. The molecule has 0 fully saturated rings. The maximum Gasteiger partial charge on any atom is 0.244 e. The largest absolute Gasteiger partial charge is 0.495 e. The number of amides is 1. The summed E-state index contributed by atoms with van der Waals surface area (Å²) in [4.78, 5) is 11.1. The lowest BCUT2D eigenvalue weighted by Gasteiger charge is -2.18. The van der Waals surface area contributed by atoms with Crippen molar-refractivity contribution in [1.29, 1.82) is 0 Å². The molecule has 0 spiro atoms. The van der Waals surface area contributed by atoms with Gasteiger partial charge in [-0.1, -0.05) is 30.3 Å². The third kappa shape index (κ3) is 4.83. The molecule has 26 heavy (non-hydrogen) atoms. The van der Waals surface area contributed by atoms with Crippen LogP contribution in [0.5, 0.6) is 5.75 Å². The molecule has 0 radical (unpaired) electrons. The standard InChI is InChI=1S/C19H24N2O4S/c1-13-7-5-6-8-17(13)14(2)21-26(23,24)19-11-16(12-20-15(3)22)9-10-18(19)25-4/h5-11,14,21H,12H2,1-4H3,(H,20,22)/t14-/m1/s1. The highest BCUT2D eigenvalue weighted by molar-refractivity contribution is 7.89. The van der Waals surface area contributed by atoms with Gasteiger partial charge in [-0.05, 0) is 42.7 Å². The fraction of sp³-hybridized carbons (Fsp3) is 0.316. The van der Waals surface area contributed by atoms with Crippen molar-refractivity contribution < 1.29 is 17.9 Å². The highest BCUT2D eigenvalue weighted by atomic mass is 32.2. The van der Waals surface area contributed by atoms with Gasteiger partial charge in [0.25, 0.3) is 0 Å². The average Bonchev–Trinajstić information content (AvgIpc) is 2.59. The number of methoxy groups -OCH3 is 1. The van der Waals surface area contributed by atoms with E-state index in [9.17, 15) is 13.2 Å². The highest BCUT2D eigenvalue weighted by Gasteiger charge is 2.23. The SMILES string of the molecule is COc1ccc(CNC(C)=O)cc1S(=O)(=O)N[C@H](C)c1ccccc1C. The molecule has 140 valence electrons. The first kappa shape index (κ1) is 19.9. The van der Waals surface area contributed by atoms with Crippen molar-refractivity contribution in [2.45, 2.75) is 38.3 Å². The van der Waals surface area contributed by atoms with Crippen molar-refractivity contribution in [2.75, 3.05) is 7.11 Å². The minimum Gasteiger partial charge on any atom is -0.495 e. The molecule has 0 aliphatic carbocycles. The lowest BCUT2D eigenvalue weighted by atomic mass is 10.0. The summed E-state index contributed by atoms with van der Waals surface area (Å²) in [7, 11) is -2.39. The topological polar surface area (TPSA) is 84.5 Å². The second kappa shape index (κ2) is 8.33. The van der Waals surface area contributed by atoms with Gasteiger partial charge in [-0.2, -0.15) is 0 Å². The molecule has 0 aliphatic rings. The van der Waals surface area contributed by atoms with Crippen molar-refractivity contribution in [3.05, 3.63) is 59.2 Å². The molecule has 1 atom stereocenters. The molecule has 6 nitrogen and oxygen atoms in total. The zero-order valence-corrected chi connectivity index (χ0v) is 16.2. The molecule has 0 saturated heterocycles. The summed E-state index contributed by atoms with van der Waals surface area (Å²) < 4.78 is 33.8. The number of benzene rings is 2. The van der Waals surface area contributed by atoms with Gasteiger partial charge in [-0.15, -0.1) is 0 Å². The van der Waals surface area contributed by atoms with Crippen molar-refractivity contribution in [1.82, 2.24) is 10.0 Å². The molecular weight excluding hydrogens is 352 g/mol. The van der Waals surface area contributed by atoms with E-state index in [1.807, 2.05) is 31.2 Å². The third-order valence-electron chi connectivity index (χ3n) is 4.05. The monoisotopic (exact) mass is 376 g/mol. The summed E-state index contributed by atoms with van der Waals surface area (Å²) in [5.41, 5.74) is 2.59. The Balaban J connectivity index is 2.33. The van der Waals surface area contributed by atoms with Crippen LogP contribution in [0.25, 0.3) is 0 Å². The summed E-state index contributed by atoms with van der Waals surface area (Å²) in [5, 5.41) is 2.66.